The predicted molar refractivity (Wildman–Crippen MR) is 115 cm³/mol. The second-order valence-electron chi connectivity index (χ2n) is 9.88. The molecule has 7 nitrogen and oxygen atoms in total. The number of primary sulfonamides is 1. The molecule has 1 aromatic rings. The van der Waals surface area contributed by atoms with Gasteiger partial charge in [-0.25, -0.2) is 13.6 Å². The summed E-state index contributed by atoms with van der Waals surface area (Å²) in [7, 11) is -3.74. The van der Waals surface area contributed by atoms with Crippen molar-refractivity contribution in [3.8, 4) is 0 Å². The minimum Gasteiger partial charge on any atom is -0.349 e. The largest absolute Gasteiger partial charge is 0.349 e. The molecule has 0 saturated heterocycles. The molecule has 2 amide bonds. The van der Waals surface area contributed by atoms with Crippen LogP contribution in [0.5, 0.6) is 0 Å². The van der Waals surface area contributed by atoms with E-state index in [1.165, 1.54) is 25.3 Å². The van der Waals surface area contributed by atoms with Crippen molar-refractivity contribution in [1.82, 2.24) is 10.6 Å². The minimum atomic E-state index is -3.74. The van der Waals surface area contributed by atoms with Gasteiger partial charge >= 0.3 is 0 Å². The summed E-state index contributed by atoms with van der Waals surface area (Å²) >= 11 is 1.04. The Morgan fingerprint density at radius 1 is 1.13 bits per heavy atom. The van der Waals surface area contributed by atoms with Gasteiger partial charge in [-0.3, -0.25) is 9.59 Å². The molecule has 166 valence electrons. The second-order valence-corrected chi connectivity index (χ2v) is 12.8. The number of carbonyl (C=O) groups is 2. The van der Waals surface area contributed by atoms with Crippen molar-refractivity contribution in [2.24, 2.45) is 34.2 Å². The van der Waals surface area contributed by atoms with Gasteiger partial charge in [-0.15, -0.1) is 11.3 Å². The normalized spacial score (nSPS) is 31.0. The third kappa shape index (κ3) is 4.29. The molecular weight excluding hydrogens is 422 g/mol. The molecule has 4 aliphatic carbocycles. The van der Waals surface area contributed by atoms with Crippen molar-refractivity contribution < 1.29 is 18.0 Å². The molecule has 1 atom stereocenters. The zero-order chi connectivity index (χ0) is 21.7. The Morgan fingerprint density at radius 3 is 2.17 bits per heavy atom. The maximum atomic E-state index is 13.3. The van der Waals surface area contributed by atoms with Gasteiger partial charge in [0.1, 0.15) is 10.3 Å². The molecule has 9 heteroatoms. The smallest absolute Gasteiger partial charge is 0.247 e. The Balaban J connectivity index is 1.39. The Morgan fingerprint density at radius 2 is 1.70 bits per heavy atom. The van der Waals surface area contributed by atoms with Gasteiger partial charge in [0.15, 0.2) is 0 Å². The van der Waals surface area contributed by atoms with Gasteiger partial charge in [0.05, 0.1) is 6.54 Å². The quantitative estimate of drug-likeness (QED) is 0.587. The van der Waals surface area contributed by atoms with E-state index >= 15 is 0 Å². The topological polar surface area (TPSA) is 118 Å². The van der Waals surface area contributed by atoms with Crippen molar-refractivity contribution in [1.29, 1.82) is 0 Å². The van der Waals surface area contributed by atoms with Gasteiger partial charge in [-0.1, -0.05) is 13.8 Å². The van der Waals surface area contributed by atoms with Crippen LogP contribution in [0.4, 0.5) is 0 Å². The number of rotatable bonds is 7. The molecule has 4 N–H and O–H groups in total. The van der Waals surface area contributed by atoms with E-state index in [9.17, 15) is 18.0 Å². The first-order chi connectivity index (χ1) is 14.1. The van der Waals surface area contributed by atoms with Crippen LogP contribution in [0.25, 0.3) is 0 Å². The van der Waals surface area contributed by atoms with Crippen molar-refractivity contribution in [2.75, 3.05) is 0 Å². The van der Waals surface area contributed by atoms with E-state index in [0.717, 1.165) is 30.6 Å². The number of nitrogens with two attached hydrogens (primary N) is 1. The average Bonchev–Trinajstić information content (AvgIpc) is 3.12. The van der Waals surface area contributed by atoms with E-state index in [0.29, 0.717) is 22.6 Å². The lowest BCUT2D eigenvalue weighted by atomic mass is 9.49. The van der Waals surface area contributed by atoms with Crippen LogP contribution in [0.3, 0.4) is 0 Å². The molecule has 0 spiro atoms. The molecule has 1 aromatic heterocycles. The lowest BCUT2D eigenvalue weighted by Crippen LogP contribution is -2.58. The fourth-order valence-corrected chi connectivity index (χ4v) is 7.83. The third-order valence-corrected chi connectivity index (χ3v) is 9.63. The van der Waals surface area contributed by atoms with E-state index < -0.39 is 16.1 Å². The number of carbonyl (C=O) groups excluding carboxylic acids is 2. The van der Waals surface area contributed by atoms with E-state index in [1.807, 2.05) is 13.8 Å². The Labute approximate surface area is 182 Å². The van der Waals surface area contributed by atoms with Crippen LogP contribution in [-0.2, 0) is 26.2 Å². The summed E-state index contributed by atoms with van der Waals surface area (Å²) in [6.07, 6.45) is 6.68. The molecule has 4 fully saturated rings. The summed E-state index contributed by atoms with van der Waals surface area (Å²) in [5.74, 6) is 1.75. The zero-order valence-electron chi connectivity index (χ0n) is 17.5. The SMILES string of the molecule is CC(C)[C@@H](NC(=O)C12CC3CC(CC(C3)C1)C2)C(=O)NCc1ccc(S(N)(=O)=O)s1. The third-order valence-electron chi connectivity index (χ3n) is 7.11. The van der Waals surface area contributed by atoms with Gasteiger partial charge in [0, 0.05) is 10.3 Å². The lowest BCUT2D eigenvalue weighted by molar-refractivity contribution is -0.149. The Bertz CT molecular complexity index is 903. The standard InChI is InChI=1S/C21H31N3O4S2/c1-12(2)18(19(25)23-11-16-3-4-17(29-16)30(22,27)28)24-20(26)21-8-13-5-14(9-21)7-15(6-13)10-21/h3-4,12-15,18H,5-11H2,1-2H3,(H,23,25)(H,24,26)(H2,22,27,28)/t13?,14?,15?,18-,21?/m1/s1. The van der Waals surface area contributed by atoms with Crippen LogP contribution in [-0.4, -0.2) is 26.3 Å². The maximum absolute atomic E-state index is 13.3. The lowest BCUT2D eigenvalue weighted by Gasteiger charge is -2.55. The van der Waals surface area contributed by atoms with E-state index in [1.54, 1.807) is 6.07 Å². The molecule has 0 radical (unpaired) electrons. The molecule has 5 rings (SSSR count). The fraction of sp³-hybridized carbons (Fsp3) is 0.714. The summed E-state index contributed by atoms with van der Waals surface area (Å²) < 4.78 is 22.9. The summed E-state index contributed by atoms with van der Waals surface area (Å²) in [5.41, 5.74) is -0.291. The summed E-state index contributed by atoms with van der Waals surface area (Å²) in [5, 5.41) is 11.1. The predicted octanol–water partition coefficient (Wildman–Crippen LogP) is 2.37. The van der Waals surface area contributed by atoms with Crippen LogP contribution in [0, 0.1) is 29.1 Å². The zero-order valence-corrected chi connectivity index (χ0v) is 19.2. The Kier molecular flexibility index (Phi) is 5.74. The van der Waals surface area contributed by atoms with Crippen LogP contribution >= 0.6 is 11.3 Å². The molecule has 4 saturated carbocycles. The van der Waals surface area contributed by atoms with Gasteiger partial charge in [-0.2, -0.15) is 0 Å². The monoisotopic (exact) mass is 453 g/mol. The first-order valence-electron chi connectivity index (χ1n) is 10.8. The summed E-state index contributed by atoms with van der Waals surface area (Å²) in [6.45, 7) is 4.05. The molecule has 4 bridgehead atoms. The molecule has 0 aliphatic heterocycles. The summed E-state index contributed by atoms with van der Waals surface area (Å²) in [4.78, 5) is 26.9. The number of hydrogen-bond acceptors (Lipinski definition) is 5. The van der Waals surface area contributed by atoms with Crippen molar-refractivity contribution in [2.45, 2.75) is 69.2 Å². The van der Waals surface area contributed by atoms with Crippen molar-refractivity contribution >= 4 is 33.2 Å². The Hall–Kier alpha value is -1.45. The average molecular weight is 454 g/mol. The number of nitrogens with one attached hydrogen (secondary N) is 2. The first-order valence-corrected chi connectivity index (χ1v) is 13.1. The highest BCUT2D eigenvalue weighted by Gasteiger charge is 2.55. The van der Waals surface area contributed by atoms with Gasteiger partial charge < -0.3 is 10.6 Å². The molecule has 30 heavy (non-hydrogen) atoms. The number of amides is 2. The van der Waals surface area contributed by atoms with Gasteiger partial charge in [0.25, 0.3) is 0 Å². The van der Waals surface area contributed by atoms with Gasteiger partial charge in [0.2, 0.25) is 21.8 Å². The summed E-state index contributed by atoms with van der Waals surface area (Å²) in [6, 6.07) is 2.47. The number of sulfonamides is 1. The highest BCUT2D eigenvalue weighted by molar-refractivity contribution is 7.91. The first kappa shape index (κ1) is 21.8. The van der Waals surface area contributed by atoms with E-state index in [2.05, 4.69) is 10.6 Å². The molecule has 4 aliphatic rings. The van der Waals surface area contributed by atoms with Gasteiger partial charge in [-0.05, 0) is 74.3 Å². The molecule has 1 heterocycles. The van der Waals surface area contributed by atoms with Crippen LogP contribution in [0.2, 0.25) is 0 Å². The number of hydrogen-bond donors (Lipinski definition) is 3. The number of thiophene rings is 1. The molecule has 0 aromatic carbocycles. The molecular formula is C21H31N3O4S2. The van der Waals surface area contributed by atoms with E-state index in [-0.39, 0.29) is 33.9 Å². The maximum Gasteiger partial charge on any atom is 0.247 e. The van der Waals surface area contributed by atoms with Crippen molar-refractivity contribution in [3.05, 3.63) is 17.0 Å². The van der Waals surface area contributed by atoms with Crippen LogP contribution in [0.1, 0.15) is 57.2 Å². The second kappa shape index (κ2) is 7.91. The fourth-order valence-electron chi connectivity index (χ4n) is 6.11. The highest BCUT2D eigenvalue weighted by atomic mass is 32.2. The molecule has 0 unspecified atom stereocenters. The van der Waals surface area contributed by atoms with E-state index in [4.69, 9.17) is 5.14 Å². The van der Waals surface area contributed by atoms with Crippen molar-refractivity contribution in [3.63, 3.8) is 0 Å². The minimum absolute atomic E-state index is 0.0445. The van der Waals surface area contributed by atoms with Crippen LogP contribution in [0.15, 0.2) is 16.3 Å². The van der Waals surface area contributed by atoms with Crippen LogP contribution < -0.4 is 15.8 Å². The highest BCUT2D eigenvalue weighted by Crippen LogP contribution is 2.60.